The highest BCUT2D eigenvalue weighted by atomic mass is 16.5. The van der Waals surface area contributed by atoms with Crippen molar-refractivity contribution in [3.63, 3.8) is 0 Å². The molecule has 0 saturated heterocycles. The summed E-state index contributed by atoms with van der Waals surface area (Å²) in [6.07, 6.45) is 0.613. The van der Waals surface area contributed by atoms with Crippen LogP contribution in [0.3, 0.4) is 0 Å². The van der Waals surface area contributed by atoms with Gasteiger partial charge in [-0.15, -0.1) is 0 Å². The van der Waals surface area contributed by atoms with E-state index < -0.39 is 0 Å². The molecular weight excluding hydrogens is 262 g/mol. The fourth-order valence-corrected chi connectivity index (χ4v) is 2.64. The van der Waals surface area contributed by atoms with E-state index in [2.05, 4.69) is 42.6 Å². The van der Waals surface area contributed by atoms with Gasteiger partial charge >= 0.3 is 0 Å². The normalized spacial score (nSPS) is 14.1. The number of fused-ring (bicyclic) bond motifs is 1. The van der Waals surface area contributed by atoms with Crippen molar-refractivity contribution in [2.45, 2.75) is 32.9 Å². The van der Waals surface area contributed by atoms with Crippen molar-refractivity contribution in [2.75, 3.05) is 13.7 Å². The molecule has 2 atom stereocenters. The third-order valence-electron chi connectivity index (χ3n) is 3.68. The molecule has 21 heavy (non-hydrogen) atoms. The van der Waals surface area contributed by atoms with E-state index in [1.54, 1.807) is 7.11 Å². The van der Waals surface area contributed by atoms with Gasteiger partial charge in [0.25, 0.3) is 0 Å². The number of benzene rings is 2. The quantitative estimate of drug-likeness (QED) is 0.820. The van der Waals surface area contributed by atoms with Crippen LogP contribution in [0, 0.1) is 5.92 Å². The van der Waals surface area contributed by atoms with Crippen LogP contribution in [0.25, 0.3) is 10.8 Å². The minimum Gasteiger partial charge on any atom is -0.497 e. The Hall–Kier alpha value is -1.58. The first kappa shape index (κ1) is 15.8. The maximum atomic E-state index is 9.36. The minimum atomic E-state index is -0.225. The van der Waals surface area contributed by atoms with E-state index in [4.69, 9.17) is 4.74 Å². The van der Waals surface area contributed by atoms with E-state index in [0.29, 0.717) is 5.92 Å². The van der Waals surface area contributed by atoms with Gasteiger partial charge in [0.15, 0.2) is 0 Å². The van der Waals surface area contributed by atoms with Gasteiger partial charge in [-0.3, -0.25) is 0 Å². The first-order chi connectivity index (χ1) is 10.1. The molecule has 0 bridgehead atoms. The molecule has 2 aromatic carbocycles. The van der Waals surface area contributed by atoms with Crippen LogP contribution in [-0.2, 0) is 6.54 Å². The molecule has 0 saturated carbocycles. The van der Waals surface area contributed by atoms with Crippen molar-refractivity contribution in [1.29, 1.82) is 0 Å². The highest BCUT2D eigenvalue weighted by Gasteiger charge is 2.05. The van der Waals surface area contributed by atoms with E-state index in [1.807, 2.05) is 13.0 Å². The maximum absolute atomic E-state index is 9.36. The van der Waals surface area contributed by atoms with Crippen molar-refractivity contribution in [1.82, 2.24) is 5.32 Å². The number of aliphatic hydroxyl groups is 1. The summed E-state index contributed by atoms with van der Waals surface area (Å²) in [4.78, 5) is 0. The lowest BCUT2D eigenvalue weighted by atomic mass is 10.0. The Labute approximate surface area is 126 Å². The molecular formula is C18H25NO2. The lowest BCUT2D eigenvalue weighted by Gasteiger charge is -2.14. The van der Waals surface area contributed by atoms with Crippen LogP contribution in [0.4, 0.5) is 0 Å². The van der Waals surface area contributed by atoms with Crippen LogP contribution in [0.15, 0.2) is 36.4 Å². The smallest absolute Gasteiger partial charge is 0.119 e. The van der Waals surface area contributed by atoms with Gasteiger partial charge in [-0.25, -0.2) is 0 Å². The number of methoxy groups -OCH3 is 1. The summed E-state index contributed by atoms with van der Waals surface area (Å²) in [5.74, 6) is 1.37. The van der Waals surface area contributed by atoms with Crippen LogP contribution in [0.5, 0.6) is 5.75 Å². The van der Waals surface area contributed by atoms with Crippen LogP contribution in [0.1, 0.15) is 25.8 Å². The topological polar surface area (TPSA) is 41.5 Å². The Morgan fingerprint density at radius 1 is 1.10 bits per heavy atom. The molecule has 114 valence electrons. The molecule has 0 heterocycles. The molecule has 2 N–H and O–H groups in total. The Balaban J connectivity index is 1.94. The van der Waals surface area contributed by atoms with E-state index in [-0.39, 0.29) is 6.10 Å². The molecule has 0 spiro atoms. The summed E-state index contributed by atoms with van der Waals surface area (Å²) in [5, 5.41) is 15.2. The molecule has 0 aliphatic heterocycles. The van der Waals surface area contributed by atoms with E-state index in [9.17, 15) is 5.11 Å². The standard InChI is InChI=1S/C18H25NO2/c1-13(8-14(2)20)11-19-12-15-4-5-17-10-18(21-3)7-6-16(17)9-15/h4-7,9-10,13-14,19-20H,8,11-12H2,1-3H3. The maximum Gasteiger partial charge on any atom is 0.119 e. The van der Waals surface area contributed by atoms with Gasteiger partial charge < -0.3 is 15.2 Å². The zero-order valence-electron chi connectivity index (χ0n) is 13.1. The molecule has 0 radical (unpaired) electrons. The summed E-state index contributed by atoms with van der Waals surface area (Å²) in [7, 11) is 1.69. The van der Waals surface area contributed by atoms with Gasteiger partial charge in [-0.2, -0.15) is 0 Å². The largest absolute Gasteiger partial charge is 0.497 e. The summed E-state index contributed by atoms with van der Waals surface area (Å²) in [6, 6.07) is 12.6. The van der Waals surface area contributed by atoms with Crippen LogP contribution in [0.2, 0.25) is 0 Å². The average molecular weight is 287 g/mol. The van der Waals surface area contributed by atoms with Gasteiger partial charge in [-0.05, 0) is 60.3 Å². The second-order valence-electron chi connectivity index (χ2n) is 5.87. The monoisotopic (exact) mass is 287 g/mol. The molecule has 0 aliphatic rings. The molecule has 0 aromatic heterocycles. The van der Waals surface area contributed by atoms with E-state index >= 15 is 0 Å². The number of ether oxygens (including phenoxy) is 1. The molecule has 2 rings (SSSR count). The SMILES string of the molecule is COc1ccc2cc(CNCC(C)CC(C)O)ccc2c1. The second kappa shape index (κ2) is 7.43. The van der Waals surface area contributed by atoms with Crippen molar-refractivity contribution < 1.29 is 9.84 Å². The molecule has 2 unspecified atom stereocenters. The molecule has 3 heteroatoms. The predicted octanol–water partition coefficient (Wildman–Crippen LogP) is 3.35. The fraction of sp³-hybridized carbons (Fsp3) is 0.444. The van der Waals surface area contributed by atoms with Crippen molar-refractivity contribution >= 4 is 10.8 Å². The van der Waals surface area contributed by atoms with Gasteiger partial charge in [-0.1, -0.05) is 25.1 Å². The fourth-order valence-electron chi connectivity index (χ4n) is 2.64. The van der Waals surface area contributed by atoms with E-state index in [1.165, 1.54) is 16.3 Å². The van der Waals surface area contributed by atoms with Gasteiger partial charge in [0.05, 0.1) is 13.2 Å². The zero-order valence-corrected chi connectivity index (χ0v) is 13.1. The minimum absolute atomic E-state index is 0.225. The molecule has 3 nitrogen and oxygen atoms in total. The molecule has 0 fully saturated rings. The Morgan fingerprint density at radius 2 is 1.81 bits per heavy atom. The van der Waals surface area contributed by atoms with Crippen molar-refractivity contribution in [3.05, 3.63) is 42.0 Å². The van der Waals surface area contributed by atoms with Gasteiger partial charge in [0, 0.05) is 6.54 Å². The predicted molar refractivity (Wildman–Crippen MR) is 87.7 cm³/mol. The third-order valence-corrected chi connectivity index (χ3v) is 3.68. The molecule has 0 amide bonds. The molecule has 0 aliphatic carbocycles. The number of hydrogen-bond acceptors (Lipinski definition) is 3. The summed E-state index contributed by atoms with van der Waals surface area (Å²) >= 11 is 0. The highest BCUT2D eigenvalue weighted by Crippen LogP contribution is 2.21. The van der Waals surface area contributed by atoms with Crippen LogP contribution < -0.4 is 10.1 Å². The number of nitrogens with one attached hydrogen (secondary N) is 1. The van der Waals surface area contributed by atoms with Crippen LogP contribution >= 0.6 is 0 Å². The summed E-state index contributed by atoms with van der Waals surface area (Å²) in [6.45, 7) is 5.78. The Morgan fingerprint density at radius 3 is 2.52 bits per heavy atom. The summed E-state index contributed by atoms with van der Waals surface area (Å²) in [5.41, 5.74) is 1.27. The number of aliphatic hydroxyl groups excluding tert-OH is 1. The number of rotatable bonds is 7. The third kappa shape index (κ3) is 4.73. The van der Waals surface area contributed by atoms with Crippen molar-refractivity contribution in [2.24, 2.45) is 5.92 Å². The number of hydrogen-bond donors (Lipinski definition) is 2. The Bertz CT molecular complexity index is 580. The highest BCUT2D eigenvalue weighted by molar-refractivity contribution is 5.84. The van der Waals surface area contributed by atoms with E-state index in [0.717, 1.165) is 25.3 Å². The second-order valence-corrected chi connectivity index (χ2v) is 5.87. The zero-order chi connectivity index (χ0) is 15.2. The van der Waals surface area contributed by atoms with Gasteiger partial charge in [0.2, 0.25) is 0 Å². The molecule has 2 aromatic rings. The first-order valence-electron chi connectivity index (χ1n) is 7.54. The first-order valence-corrected chi connectivity index (χ1v) is 7.54. The van der Waals surface area contributed by atoms with Crippen LogP contribution in [-0.4, -0.2) is 24.9 Å². The lowest BCUT2D eigenvalue weighted by molar-refractivity contribution is 0.163. The Kier molecular flexibility index (Phi) is 5.59. The summed E-state index contributed by atoms with van der Waals surface area (Å²) < 4.78 is 5.24. The van der Waals surface area contributed by atoms with Gasteiger partial charge in [0.1, 0.15) is 5.75 Å². The average Bonchev–Trinajstić information content (AvgIpc) is 2.45. The van der Waals surface area contributed by atoms with Crippen molar-refractivity contribution in [3.8, 4) is 5.75 Å². The lowest BCUT2D eigenvalue weighted by Crippen LogP contribution is -2.23.